The number of aliphatic hydroxyl groups is 1. The van der Waals surface area contributed by atoms with Crippen LogP contribution in [0.2, 0.25) is 0 Å². The zero-order chi connectivity index (χ0) is 17.1. The number of hydrogen-bond acceptors (Lipinski definition) is 3. The molecule has 3 atom stereocenters. The van der Waals surface area contributed by atoms with Crippen LogP contribution in [-0.4, -0.2) is 41.8 Å². The quantitative estimate of drug-likeness (QED) is 0.541. The van der Waals surface area contributed by atoms with Crippen molar-refractivity contribution >= 4 is 0 Å². The number of nitrogens with zero attached hydrogens (tertiary/aromatic N) is 1. The van der Waals surface area contributed by atoms with Crippen molar-refractivity contribution in [1.82, 2.24) is 4.90 Å². The molecule has 3 unspecified atom stereocenters. The van der Waals surface area contributed by atoms with Gasteiger partial charge in [-0.3, -0.25) is 0 Å². The van der Waals surface area contributed by atoms with Crippen molar-refractivity contribution in [2.75, 3.05) is 19.6 Å². The standard InChI is InChI=1S/C19H40N2O/c1-7-21(13-8-9-18(20)16(4)5)14-12-19(22)17(6)11-10-15(2)3/h10-11,15-19,22H,7-9,12-14,20H2,1-6H3/b11-10-. The zero-order valence-electron chi connectivity index (χ0n) is 15.8. The fourth-order valence-corrected chi connectivity index (χ4v) is 2.42. The lowest BCUT2D eigenvalue weighted by molar-refractivity contribution is 0.110. The van der Waals surface area contributed by atoms with E-state index < -0.39 is 0 Å². The summed E-state index contributed by atoms with van der Waals surface area (Å²) < 4.78 is 0. The minimum absolute atomic E-state index is 0.232. The highest BCUT2D eigenvalue weighted by Crippen LogP contribution is 2.12. The molecule has 3 N–H and O–H groups in total. The maximum atomic E-state index is 10.3. The van der Waals surface area contributed by atoms with Gasteiger partial charge in [0.15, 0.2) is 0 Å². The largest absolute Gasteiger partial charge is 0.392 e. The third kappa shape index (κ3) is 10.4. The average molecular weight is 313 g/mol. The lowest BCUT2D eigenvalue weighted by Crippen LogP contribution is -2.32. The van der Waals surface area contributed by atoms with Crippen molar-refractivity contribution < 1.29 is 5.11 Å². The van der Waals surface area contributed by atoms with Crippen LogP contribution in [0.25, 0.3) is 0 Å². The van der Waals surface area contributed by atoms with Crippen LogP contribution in [0.4, 0.5) is 0 Å². The van der Waals surface area contributed by atoms with Gasteiger partial charge in [-0.25, -0.2) is 0 Å². The fraction of sp³-hybridized carbons (Fsp3) is 0.895. The molecule has 0 heterocycles. The van der Waals surface area contributed by atoms with Crippen LogP contribution < -0.4 is 5.73 Å². The Morgan fingerprint density at radius 1 is 1.00 bits per heavy atom. The molecule has 3 heteroatoms. The zero-order valence-corrected chi connectivity index (χ0v) is 15.8. The Morgan fingerprint density at radius 3 is 2.14 bits per heavy atom. The van der Waals surface area contributed by atoms with Gasteiger partial charge in [0.1, 0.15) is 0 Å². The second kappa shape index (κ2) is 12.1. The van der Waals surface area contributed by atoms with E-state index in [1.165, 1.54) is 0 Å². The van der Waals surface area contributed by atoms with E-state index in [0.29, 0.717) is 17.9 Å². The maximum Gasteiger partial charge on any atom is 0.0612 e. The molecular weight excluding hydrogens is 272 g/mol. The van der Waals surface area contributed by atoms with Gasteiger partial charge >= 0.3 is 0 Å². The first-order valence-electron chi connectivity index (χ1n) is 9.12. The Balaban J connectivity index is 4.02. The Kier molecular flexibility index (Phi) is 11.9. The first-order valence-corrected chi connectivity index (χ1v) is 9.12. The van der Waals surface area contributed by atoms with Crippen LogP contribution in [-0.2, 0) is 0 Å². The van der Waals surface area contributed by atoms with Crippen LogP contribution in [0, 0.1) is 17.8 Å². The van der Waals surface area contributed by atoms with E-state index in [4.69, 9.17) is 5.73 Å². The summed E-state index contributed by atoms with van der Waals surface area (Å²) in [5.41, 5.74) is 6.10. The maximum absolute atomic E-state index is 10.3. The van der Waals surface area contributed by atoms with Crippen molar-refractivity contribution in [1.29, 1.82) is 0 Å². The fourth-order valence-electron chi connectivity index (χ4n) is 2.42. The molecule has 0 aromatic carbocycles. The first kappa shape index (κ1) is 21.6. The van der Waals surface area contributed by atoms with Gasteiger partial charge in [0.2, 0.25) is 0 Å². The molecule has 0 fully saturated rings. The van der Waals surface area contributed by atoms with Gasteiger partial charge in [0.25, 0.3) is 0 Å². The predicted octanol–water partition coefficient (Wildman–Crippen LogP) is 3.67. The Bertz CT molecular complexity index is 289. The van der Waals surface area contributed by atoms with Crippen molar-refractivity contribution in [3.63, 3.8) is 0 Å². The molecule has 3 nitrogen and oxygen atoms in total. The van der Waals surface area contributed by atoms with E-state index in [9.17, 15) is 5.11 Å². The van der Waals surface area contributed by atoms with Gasteiger partial charge in [-0.2, -0.15) is 0 Å². The summed E-state index contributed by atoms with van der Waals surface area (Å²) in [6.07, 6.45) is 7.15. The number of allylic oxidation sites excluding steroid dienone is 1. The van der Waals surface area contributed by atoms with Gasteiger partial charge in [0, 0.05) is 12.6 Å². The van der Waals surface area contributed by atoms with Crippen molar-refractivity contribution in [3.8, 4) is 0 Å². The molecule has 0 aromatic heterocycles. The summed E-state index contributed by atoms with van der Waals surface area (Å²) >= 11 is 0. The van der Waals surface area contributed by atoms with E-state index >= 15 is 0 Å². The number of aliphatic hydroxyl groups excluding tert-OH is 1. The molecule has 0 amide bonds. The van der Waals surface area contributed by atoms with E-state index in [1.54, 1.807) is 0 Å². The molecular formula is C19H40N2O. The monoisotopic (exact) mass is 312 g/mol. The third-order valence-electron chi connectivity index (χ3n) is 4.46. The van der Waals surface area contributed by atoms with Crippen molar-refractivity contribution in [3.05, 3.63) is 12.2 Å². The molecule has 0 bridgehead atoms. The van der Waals surface area contributed by atoms with E-state index in [1.807, 2.05) is 0 Å². The second-order valence-corrected chi connectivity index (χ2v) is 7.33. The van der Waals surface area contributed by atoms with E-state index in [-0.39, 0.29) is 12.0 Å². The second-order valence-electron chi connectivity index (χ2n) is 7.33. The normalized spacial score (nSPS) is 16.9. The number of nitrogens with two attached hydrogens (primary N) is 1. The minimum Gasteiger partial charge on any atom is -0.392 e. The molecule has 0 aliphatic carbocycles. The van der Waals surface area contributed by atoms with Crippen molar-refractivity contribution in [2.45, 2.75) is 73.0 Å². The first-order chi connectivity index (χ1) is 10.3. The predicted molar refractivity (Wildman–Crippen MR) is 97.9 cm³/mol. The summed E-state index contributed by atoms with van der Waals surface area (Å²) in [4.78, 5) is 2.43. The third-order valence-corrected chi connectivity index (χ3v) is 4.46. The lowest BCUT2D eigenvalue weighted by atomic mass is 9.99. The van der Waals surface area contributed by atoms with Gasteiger partial charge in [-0.1, -0.05) is 53.7 Å². The van der Waals surface area contributed by atoms with Gasteiger partial charge in [0.05, 0.1) is 6.10 Å². The Hall–Kier alpha value is -0.380. The van der Waals surface area contributed by atoms with Gasteiger partial charge in [-0.05, 0) is 50.1 Å². The number of hydrogen-bond donors (Lipinski definition) is 2. The highest BCUT2D eigenvalue weighted by molar-refractivity contribution is 4.91. The van der Waals surface area contributed by atoms with Gasteiger partial charge < -0.3 is 15.7 Å². The molecule has 0 rings (SSSR count). The highest BCUT2D eigenvalue weighted by atomic mass is 16.3. The highest BCUT2D eigenvalue weighted by Gasteiger charge is 2.14. The summed E-state index contributed by atoms with van der Waals surface area (Å²) in [6.45, 7) is 16.1. The Morgan fingerprint density at radius 2 is 1.64 bits per heavy atom. The van der Waals surface area contributed by atoms with Crippen LogP contribution in [0.3, 0.4) is 0 Å². The molecule has 132 valence electrons. The summed E-state index contributed by atoms with van der Waals surface area (Å²) in [6, 6.07) is 0.311. The summed E-state index contributed by atoms with van der Waals surface area (Å²) in [5.74, 6) is 1.34. The van der Waals surface area contributed by atoms with Crippen molar-refractivity contribution in [2.24, 2.45) is 23.5 Å². The van der Waals surface area contributed by atoms with Crippen LogP contribution in [0.15, 0.2) is 12.2 Å². The van der Waals surface area contributed by atoms with Crippen LogP contribution >= 0.6 is 0 Å². The summed E-state index contributed by atoms with van der Waals surface area (Å²) in [7, 11) is 0. The van der Waals surface area contributed by atoms with E-state index in [0.717, 1.165) is 38.9 Å². The summed E-state index contributed by atoms with van der Waals surface area (Å²) in [5, 5.41) is 10.3. The molecule has 0 saturated carbocycles. The number of rotatable bonds is 12. The van der Waals surface area contributed by atoms with Gasteiger partial charge in [-0.15, -0.1) is 0 Å². The van der Waals surface area contributed by atoms with Crippen LogP contribution in [0.5, 0.6) is 0 Å². The molecule has 0 saturated heterocycles. The smallest absolute Gasteiger partial charge is 0.0612 e. The molecule has 0 aromatic rings. The van der Waals surface area contributed by atoms with E-state index in [2.05, 4.69) is 58.6 Å². The molecule has 0 aliphatic heterocycles. The molecule has 0 radical (unpaired) electrons. The van der Waals surface area contributed by atoms with Crippen LogP contribution in [0.1, 0.15) is 60.8 Å². The average Bonchev–Trinajstić information content (AvgIpc) is 2.47. The molecule has 0 spiro atoms. The Labute approximate surface area is 139 Å². The lowest BCUT2D eigenvalue weighted by Gasteiger charge is -2.24. The SMILES string of the molecule is CCN(CCCC(N)C(C)C)CCC(O)C(C)/C=C\C(C)C. The topological polar surface area (TPSA) is 49.5 Å². The molecule has 22 heavy (non-hydrogen) atoms. The minimum atomic E-state index is -0.248. The molecule has 0 aliphatic rings.